The highest BCUT2D eigenvalue weighted by molar-refractivity contribution is 6.01. The molecule has 25 heavy (non-hydrogen) atoms. The maximum atomic E-state index is 12.9. The van der Waals surface area contributed by atoms with Gasteiger partial charge in [-0.1, -0.05) is 0 Å². The predicted molar refractivity (Wildman–Crippen MR) is 90.4 cm³/mol. The molecule has 0 saturated carbocycles. The van der Waals surface area contributed by atoms with E-state index >= 15 is 0 Å². The molecule has 0 radical (unpaired) electrons. The number of nitrogens with zero attached hydrogens (tertiary/aromatic N) is 3. The molecule has 4 rings (SSSR count). The van der Waals surface area contributed by atoms with E-state index < -0.39 is 0 Å². The molecule has 2 fully saturated rings. The summed E-state index contributed by atoms with van der Waals surface area (Å²) in [6, 6.07) is 3.53. The van der Waals surface area contributed by atoms with Gasteiger partial charge in [0.05, 0.1) is 0 Å². The number of carbonyl (C=O) groups is 2. The van der Waals surface area contributed by atoms with Crippen molar-refractivity contribution >= 4 is 17.6 Å². The van der Waals surface area contributed by atoms with E-state index in [1.807, 2.05) is 4.90 Å². The summed E-state index contributed by atoms with van der Waals surface area (Å²) in [6.07, 6.45) is 5.80. The van der Waals surface area contributed by atoms with Crippen molar-refractivity contribution in [3.05, 3.63) is 18.3 Å². The third-order valence-electron chi connectivity index (χ3n) is 5.52. The van der Waals surface area contributed by atoms with Gasteiger partial charge >= 0.3 is 0 Å². The highest BCUT2D eigenvalue weighted by Gasteiger charge is 2.39. The van der Waals surface area contributed by atoms with Crippen molar-refractivity contribution in [3.8, 4) is 5.75 Å². The zero-order valence-electron chi connectivity index (χ0n) is 14.3. The highest BCUT2D eigenvalue weighted by atomic mass is 16.5. The second-order valence-corrected chi connectivity index (χ2v) is 7.12. The SMILES string of the molecule is O=C(CN1C(=O)COc2cccnc21)N1CCCC2(CCOCC2)C1. The van der Waals surface area contributed by atoms with Gasteiger partial charge in [0, 0.05) is 32.5 Å². The number of fused-ring (bicyclic) bond motifs is 1. The van der Waals surface area contributed by atoms with Crippen LogP contribution in [0.3, 0.4) is 0 Å². The van der Waals surface area contributed by atoms with E-state index in [0.717, 1.165) is 52.0 Å². The van der Waals surface area contributed by atoms with E-state index in [2.05, 4.69) is 4.98 Å². The first-order chi connectivity index (χ1) is 12.2. The molecule has 0 N–H and O–H groups in total. The molecule has 2 saturated heterocycles. The molecule has 0 unspecified atom stereocenters. The minimum atomic E-state index is -0.225. The van der Waals surface area contributed by atoms with Gasteiger partial charge in [-0.2, -0.15) is 0 Å². The maximum Gasteiger partial charge on any atom is 0.266 e. The van der Waals surface area contributed by atoms with Crippen LogP contribution in [0.2, 0.25) is 0 Å². The summed E-state index contributed by atoms with van der Waals surface area (Å²) in [7, 11) is 0. The van der Waals surface area contributed by atoms with Crippen molar-refractivity contribution in [3.63, 3.8) is 0 Å². The van der Waals surface area contributed by atoms with Crippen LogP contribution < -0.4 is 9.64 Å². The van der Waals surface area contributed by atoms with Gasteiger partial charge in [0.25, 0.3) is 5.91 Å². The Balaban J connectivity index is 1.47. The number of ether oxygens (including phenoxy) is 2. The Bertz CT molecular complexity index is 667. The van der Waals surface area contributed by atoms with Crippen molar-refractivity contribution in [1.29, 1.82) is 0 Å². The van der Waals surface area contributed by atoms with E-state index in [-0.39, 0.29) is 30.4 Å². The molecule has 7 heteroatoms. The summed E-state index contributed by atoms with van der Waals surface area (Å²) in [5.41, 5.74) is 0.192. The van der Waals surface area contributed by atoms with E-state index in [9.17, 15) is 9.59 Å². The van der Waals surface area contributed by atoms with E-state index in [4.69, 9.17) is 9.47 Å². The molecule has 3 aliphatic rings. The largest absolute Gasteiger partial charge is 0.480 e. The Morgan fingerprint density at radius 2 is 2.12 bits per heavy atom. The molecule has 134 valence electrons. The summed E-state index contributed by atoms with van der Waals surface area (Å²) < 4.78 is 10.9. The molecule has 0 bridgehead atoms. The van der Waals surface area contributed by atoms with Crippen LogP contribution in [-0.2, 0) is 14.3 Å². The Morgan fingerprint density at radius 3 is 2.96 bits per heavy atom. The highest BCUT2D eigenvalue weighted by Crippen LogP contribution is 2.39. The van der Waals surface area contributed by atoms with Crippen LogP contribution in [0.25, 0.3) is 0 Å². The van der Waals surface area contributed by atoms with E-state index in [0.29, 0.717) is 11.6 Å². The zero-order chi connectivity index (χ0) is 17.3. The Morgan fingerprint density at radius 1 is 1.28 bits per heavy atom. The molecule has 1 spiro atoms. The first kappa shape index (κ1) is 16.3. The molecule has 4 heterocycles. The number of anilines is 1. The molecule has 7 nitrogen and oxygen atoms in total. The lowest BCUT2D eigenvalue weighted by molar-refractivity contribution is -0.136. The molecule has 3 aliphatic heterocycles. The zero-order valence-corrected chi connectivity index (χ0v) is 14.3. The normalized spacial score (nSPS) is 22.5. The van der Waals surface area contributed by atoms with Crippen molar-refractivity contribution in [2.45, 2.75) is 25.7 Å². The maximum absolute atomic E-state index is 12.9. The molecule has 1 aromatic heterocycles. The minimum Gasteiger partial charge on any atom is -0.480 e. The fraction of sp³-hybridized carbons (Fsp3) is 0.611. The first-order valence-electron chi connectivity index (χ1n) is 8.91. The Hall–Kier alpha value is -2.15. The average molecular weight is 345 g/mol. The second kappa shape index (κ2) is 6.63. The third-order valence-corrected chi connectivity index (χ3v) is 5.52. The van der Waals surface area contributed by atoms with Crippen LogP contribution in [0.4, 0.5) is 5.82 Å². The lowest BCUT2D eigenvalue weighted by atomic mass is 9.74. The fourth-order valence-electron chi connectivity index (χ4n) is 4.06. The lowest BCUT2D eigenvalue weighted by Gasteiger charge is -2.45. The van der Waals surface area contributed by atoms with Crippen molar-refractivity contribution < 1.29 is 19.1 Å². The number of amides is 2. The molecule has 2 amide bonds. The number of likely N-dealkylation sites (tertiary alicyclic amines) is 1. The first-order valence-corrected chi connectivity index (χ1v) is 8.91. The monoisotopic (exact) mass is 345 g/mol. The molecular formula is C18H23N3O4. The number of piperidine rings is 1. The average Bonchev–Trinajstić information content (AvgIpc) is 2.65. The number of rotatable bonds is 2. The summed E-state index contributed by atoms with van der Waals surface area (Å²) in [4.78, 5) is 32.7. The Kier molecular flexibility index (Phi) is 4.33. The van der Waals surface area contributed by atoms with Crippen molar-refractivity contribution in [2.75, 3.05) is 44.4 Å². The quantitative estimate of drug-likeness (QED) is 0.806. The van der Waals surface area contributed by atoms with Crippen molar-refractivity contribution in [2.24, 2.45) is 5.41 Å². The molecule has 0 aliphatic carbocycles. The Labute approximate surface area is 146 Å². The van der Waals surface area contributed by atoms with Gasteiger partial charge in [-0.25, -0.2) is 4.98 Å². The molecular weight excluding hydrogens is 322 g/mol. The fourth-order valence-corrected chi connectivity index (χ4v) is 4.06. The summed E-state index contributed by atoms with van der Waals surface area (Å²) in [5.74, 6) is 0.745. The van der Waals surface area contributed by atoms with Crippen LogP contribution >= 0.6 is 0 Å². The minimum absolute atomic E-state index is 0.0163. The molecule has 0 aromatic carbocycles. The second-order valence-electron chi connectivity index (χ2n) is 7.12. The topological polar surface area (TPSA) is 72.0 Å². The van der Waals surface area contributed by atoms with Gasteiger partial charge in [0.1, 0.15) is 6.54 Å². The van der Waals surface area contributed by atoms with E-state index in [1.54, 1.807) is 18.3 Å². The molecule has 1 aromatic rings. The standard InChI is InChI=1S/C18H23N3O4/c22-15(20-8-2-4-18(13-20)5-9-24-10-6-18)11-21-16(23)12-25-14-3-1-7-19-17(14)21/h1,3,7H,2,4-6,8-13H2. The number of pyridine rings is 1. The summed E-state index contributed by atoms with van der Waals surface area (Å²) in [6.45, 7) is 3.06. The van der Waals surface area contributed by atoms with Crippen LogP contribution in [0.5, 0.6) is 5.75 Å². The van der Waals surface area contributed by atoms with E-state index in [1.165, 1.54) is 4.90 Å². The smallest absolute Gasteiger partial charge is 0.266 e. The van der Waals surface area contributed by atoms with Crippen LogP contribution in [0, 0.1) is 5.41 Å². The number of hydrogen-bond acceptors (Lipinski definition) is 5. The van der Waals surface area contributed by atoms with Crippen LogP contribution in [0.15, 0.2) is 18.3 Å². The number of aromatic nitrogens is 1. The molecule has 0 atom stereocenters. The van der Waals surface area contributed by atoms with Crippen LogP contribution in [0.1, 0.15) is 25.7 Å². The number of hydrogen-bond donors (Lipinski definition) is 0. The van der Waals surface area contributed by atoms with Gasteiger partial charge in [-0.05, 0) is 43.2 Å². The predicted octanol–water partition coefficient (Wildman–Crippen LogP) is 1.23. The lowest BCUT2D eigenvalue weighted by Crippen LogP contribution is -2.52. The summed E-state index contributed by atoms with van der Waals surface area (Å²) >= 11 is 0. The van der Waals surface area contributed by atoms with Gasteiger partial charge in [-0.15, -0.1) is 0 Å². The van der Waals surface area contributed by atoms with Gasteiger partial charge in [0.2, 0.25) is 5.91 Å². The summed E-state index contributed by atoms with van der Waals surface area (Å²) in [5, 5.41) is 0. The van der Waals surface area contributed by atoms with Gasteiger partial charge in [-0.3, -0.25) is 14.5 Å². The van der Waals surface area contributed by atoms with Crippen molar-refractivity contribution in [1.82, 2.24) is 9.88 Å². The van der Waals surface area contributed by atoms with Gasteiger partial charge < -0.3 is 14.4 Å². The van der Waals surface area contributed by atoms with Crippen LogP contribution in [-0.4, -0.2) is 61.2 Å². The third kappa shape index (κ3) is 3.20. The number of carbonyl (C=O) groups excluding carboxylic acids is 2. The van der Waals surface area contributed by atoms with Gasteiger partial charge in [0.15, 0.2) is 18.2 Å².